The molecule has 0 unspecified atom stereocenters. The molecule has 21 heavy (non-hydrogen) atoms. The van der Waals surface area contributed by atoms with E-state index in [9.17, 15) is 18.5 Å². The lowest BCUT2D eigenvalue weighted by Crippen LogP contribution is -2.15. The summed E-state index contributed by atoms with van der Waals surface area (Å²) in [5.74, 6) is 0.0925. The van der Waals surface area contributed by atoms with Crippen LogP contribution in [0.15, 0.2) is 45.9 Å². The van der Waals surface area contributed by atoms with Crippen molar-refractivity contribution in [1.29, 1.82) is 0 Å². The molecule has 110 valence electrons. The number of sulfonamides is 1. The molecular weight excluding hydrogens is 362 g/mol. The Morgan fingerprint density at radius 1 is 1.29 bits per heavy atom. The molecule has 7 nitrogen and oxygen atoms in total. The predicted molar refractivity (Wildman–Crippen MR) is 80.6 cm³/mol. The van der Waals surface area contributed by atoms with Crippen LogP contribution in [0.2, 0.25) is 0 Å². The number of nitro groups is 1. The van der Waals surface area contributed by atoms with Crippen molar-refractivity contribution in [3.05, 3.63) is 56.7 Å². The van der Waals surface area contributed by atoms with Crippen LogP contribution in [0.3, 0.4) is 0 Å². The van der Waals surface area contributed by atoms with E-state index < -0.39 is 25.5 Å². The summed E-state index contributed by atoms with van der Waals surface area (Å²) in [6.45, 7) is 1.81. The first-order chi connectivity index (χ1) is 9.79. The van der Waals surface area contributed by atoms with Crippen molar-refractivity contribution < 1.29 is 13.3 Å². The fourth-order valence-electron chi connectivity index (χ4n) is 1.57. The zero-order valence-corrected chi connectivity index (χ0v) is 13.2. The van der Waals surface area contributed by atoms with E-state index in [2.05, 4.69) is 25.6 Å². The Labute approximate surface area is 129 Å². The molecule has 0 bridgehead atoms. The lowest BCUT2D eigenvalue weighted by Gasteiger charge is -2.08. The number of nitrogens with zero attached hydrogens (tertiary/aromatic N) is 2. The Morgan fingerprint density at radius 3 is 2.57 bits per heavy atom. The smallest absolute Gasteiger partial charge is 0.263 e. The molecule has 1 heterocycles. The number of aryl methyl sites for hydroxylation is 1. The van der Waals surface area contributed by atoms with E-state index in [0.717, 1.165) is 11.6 Å². The number of anilines is 1. The minimum Gasteiger partial charge on any atom is -0.263 e. The minimum atomic E-state index is -4.11. The Balaban J connectivity index is 2.46. The van der Waals surface area contributed by atoms with Crippen molar-refractivity contribution in [1.82, 2.24) is 4.98 Å². The van der Waals surface area contributed by atoms with Gasteiger partial charge in [-0.05, 0) is 30.7 Å². The number of hydrogen-bond acceptors (Lipinski definition) is 5. The monoisotopic (exact) mass is 371 g/mol. The van der Waals surface area contributed by atoms with Crippen molar-refractivity contribution in [3.63, 3.8) is 0 Å². The molecule has 9 heteroatoms. The molecule has 0 fully saturated rings. The normalized spacial score (nSPS) is 11.1. The highest BCUT2D eigenvalue weighted by atomic mass is 79.9. The molecule has 0 spiro atoms. The number of pyridine rings is 1. The quantitative estimate of drug-likeness (QED) is 0.657. The summed E-state index contributed by atoms with van der Waals surface area (Å²) < 4.78 is 27.2. The Bertz CT molecular complexity index is 791. The van der Waals surface area contributed by atoms with Gasteiger partial charge in [0.2, 0.25) is 0 Å². The van der Waals surface area contributed by atoms with Crippen LogP contribution in [0.1, 0.15) is 5.56 Å². The van der Waals surface area contributed by atoms with Crippen LogP contribution in [0.4, 0.5) is 11.5 Å². The van der Waals surface area contributed by atoms with Crippen LogP contribution in [0.5, 0.6) is 0 Å². The van der Waals surface area contributed by atoms with Crippen LogP contribution in [0, 0.1) is 17.0 Å². The third-order valence-corrected chi connectivity index (χ3v) is 4.44. The molecule has 2 rings (SSSR count). The van der Waals surface area contributed by atoms with Gasteiger partial charge in [-0.2, -0.15) is 0 Å². The average Bonchev–Trinajstić information content (AvgIpc) is 2.41. The molecular formula is C12H10BrN3O4S. The first-order valence-electron chi connectivity index (χ1n) is 5.69. The van der Waals surface area contributed by atoms with Crippen molar-refractivity contribution in [2.45, 2.75) is 11.8 Å². The third-order valence-electron chi connectivity index (χ3n) is 2.56. The van der Waals surface area contributed by atoms with Crippen LogP contribution in [0.25, 0.3) is 0 Å². The molecule has 1 aromatic heterocycles. The molecule has 0 aliphatic carbocycles. The molecule has 0 saturated heterocycles. The molecule has 2 aromatic rings. The number of halogens is 1. The van der Waals surface area contributed by atoms with Gasteiger partial charge < -0.3 is 0 Å². The van der Waals surface area contributed by atoms with Gasteiger partial charge in [0, 0.05) is 16.7 Å². The van der Waals surface area contributed by atoms with Crippen molar-refractivity contribution in [2.24, 2.45) is 0 Å². The maximum atomic E-state index is 12.3. The van der Waals surface area contributed by atoms with Gasteiger partial charge in [0.15, 0.2) is 4.90 Å². The molecule has 0 radical (unpaired) electrons. The maximum absolute atomic E-state index is 12.3. The van der Waals surface area contributed by atoms with Gasteiger partial charge in [0.25, 0.3) is 15.7 Å². The van der Waals surface area contributed by atoms with Gasteiger partial charge >= 0.3 is 0 Å². The first-order valence-corrected chi connectivity index (χ1v) is 7.96. The van der Waals surface area contributed by atoms with E-state index in [4.69, 9.17) is 0 Å². The highest BCUT2D eigenvalue weighted by molar-refractivity contribution is 9.10. The molecule has 0 atom stereocenters. The summed E-state index contributed by atoms with van der Waals surface area (Å²) in [6.07, 6.45) is 1.49. The third kappa shape index (κ3) is 3.56. The summed E-state index contributed by atoms with van der Waals surface area (Å²) in [5.41, 5.74) is 0.365. The van der Waals surface area contributed by atoms with E-state index in [1.165, 1.54) is 24.4 Å². The average molecular weight is 372 g/mol. The molecule has 0 aliphatic heterocycles. The van der Waals surface area contributed by atoms with E-state index in [1.54, 1.807) is 6.07 Å². The number of benzene rings is 1. The second-order valence-corrected chi connectivity index (χ2v) is 6.76. The number of rotatable bonds is 4. The van der Waals surface area contributed by atoms with Gasteiger partial charge in [0.1, 0.15) is 5.82 Å². The van der Waals surface area contributed by atoms with Crippen LogP contribution in [-0.4, -0.2) is 18.3 Å². The van der Waals surface area contributed by atoms with Crippen molar-refractivity contribution in [3.8, 4) is 0 Å². The largest absolute Gasteiger partial charge is 0.289 e. The first kappa shape index (κ1) is 15.4. The predicted octanol–water partition coefficient (Wildman–Crippen LogP) is 2.86. The highest BCUT2D eigenvalue weighted by Crippen LogP contribution is 2.28. The SMILES string of the molecule is Cc1ccc(NS(=O)(=O)c2cc(Br)ccc2[N+](=O)[O-])nc1. The van der Waals surface area contributed by atoms with E-state index in [1.807, 2.05) is 6.92 Å². The van der Waals surface area contributed by atoms with Gasteiger partial charge in [0.05, 0.1) is 4.92 Å². The lowest BCUT2D eigenvalue weighted by molar-refractivity contribution is -0.387. The standard InChI is InChI=1S/C12H10BrN3O4S/c1-8-2-5-12(14-7-8)15-21(19,20)11-6-9(13)3-4-10(11)16(17)18/h2-7H,1H3,(H,14,15). The Morgan fingerprint density at radius 2 is 2.00 bits per heavy atom. The van der Waals surface area contributed by atoms with Crippen LogP contribution in [-0.2, 0) is 10.0 Å². The van der Waals surface area contributed by atoms with Crippen LogP contribution < -0.4 is 4.72 Å². The summed E-state index contributed by atoms with van der Waals surface area (Å²) in [7, 11) is -4.11. The maximum Gasteiger partial charge on any atom is 0.289 e. The van der Waals surface area contributed by atoms with Gasteiger partial charge in [-0.3, -0.25) is 14.8 Å². The number of nitrogens with one attached hydrogen (secondary N) is 1. The van der Waals surface area contributed by atoms with Gasteiger partial charge in [-0.15, -0.1) is 0 Å². The highest BCUT2D eigenvalue weighted by Gasteiger charge is 2.26. The van der Waals surface area contributed by atoms with E-state index in [-0.39, 0.29) is 5.82 Å². The number of hydrogen-bond donors (Lipinski definition) is 1. The number of aromatic nitrogens is 1. The second kappa shape index (κ2) is 5.78. The fourth-order valence-corrected chi connectivity index (χ4v) is 3.29. The van der Waals surface area contributed by atoms with E-state index in [0.29, 0.717) is 4.47 Å². The molecule has 1 aromatic carbocycles. The van der Waals surface area contributed by atoms with Crippen LogP contribution >= 0.6 is 15.9 Å². The van der Waals surface area contributed by atoms with E-state index >= 15 is 0 Å². The molecule has 0 aliphatic rings. The summed E-state index contributed by atoms with van der Waals surface area (Å²) in [4.78, 5) is 13.7. The molecule has 0 amide bonds. The lowest BCUT2D eigenvalue weighted by atomic mass is 10.3. The second-order valence-electron chi connectivity index (χ2n) is 4.20. The summed E-state index contributed by atoms with van der Waals surface area (Å²) >= 11 is 3.10. The molecule has 1 N–H and O–H groups in total. The zero-order valence-electron chi connectivity index (χ0n) is 10.8. The summed E-state index contributed by atoms with van der Waals surface area (Å²) in [5, 5.41) is 11.0. The van der Waals surface area contributed by atoms with Crippen molar-refractivity contribution in [2.75, 3.05) is 4.72 Å². The van der Waals surface area contributed by atoms with Gasteiger partial charge in [-0.1, -0.05) is 22.0 Å². The van der Waals surface area contributed by atoms with Crippen molar-refractivity contribution >= 4 is 37.5 Å². The zero-order chi connectivity index (χ0) is 15.6. The Hall–Kier alpha value is -2.00. The Kier molecular flexibility index (Phi) is 4.24. The topological polar surface area (TPSA) is 102 Å². The van der Waals surface area contributed by atoms with Gasteiger partial charge in [-0.25, -0.2) is 13.4 Å². The number of nitro benzene ring substituents is 1. The fraction of sp³-hybridized carbons (Fsp3) is 0.0833. The summed E-state index contributed by atoms with van der Waals surface area (Å²) in [6, 6.07) is 6.87. The minimum absolute atomic E-state index is 0.0925. The molecule has 0 saturated carbocycles.